The predicted molar refractivity (Wildman–Crippen MR) is 49.9 cm³/mol. The molecule has 0 aromatic heterocycles. The van der Waals surface area contributed by atoms with Crippen LogP contribution in [-0.2, 0) is 0 Å². The highest BCUT2D eigenvalue weighted by Crippen LogP contribution is 2.38. The Morgan fingerprint density at radius 2 is 2.36 bits per heavy atom. The Morgan fingerprint density at radius 3 is 3.18 bits per heavy atom. The third kappa shape index (κ3) is 1.10. The number of rotatable bonds is 0. The van der Waals surface area contributed by atoms with Gasteiger partial charge in [-0.15, -0.1) is 0 Å². The smallest absolute Gasteiger partial charge is 0.0306 e. The van der Waals surface area contributed by atoms with Crippen molar-refractivity contribution >= 4 is 11.8 Å². The third-order valence-corrected chi connectivity index (χ3v) is 2.69. The van der Waals surface area contributed by atoms with Crippen LogP contribution in [0, 0.1) is 10.8 Å². The first-order valence-corrected chi connectivity index (χ1v) is 4.51. The average Bonchev–Trinajstić information content (AvgIpc) is 2.03. The molecule has 11 heavy (non-hydrogen) atoms. The normalized spacial score (nSPS) is 33.4. The van der Waals surface area contributed by atoms with Gasteiger partial charge in [0.05, 0.1) is 0 Å². The molecular weight excluding hydrogens is 152 g/mol. The van der Waals surface area contributed by atoms with Gasteiger partial charge in [-0.25, -0.2) is 0 Å². The van der Waals surface area contributed by atoms with Crippen LogP contribution in [0.25, 0.3) is 0 Å². The summed E-state index contributed by atoms with van der Waals surface area (Å²) in [6.45, 7) is 2.20. The molecule has 55 valence electrons. The van der Waals surface area contributed by atoms with Crippen LogP contribution in [0.2, 0.25) is 0 Å². The fourth-order valence-corrected chi connectivity index (χ4v) is 2.08. The van der Waals surface area contributed by atoms with E-state index in [1.54, 1.807) is 11.8 Å². The summed E-state index contributed by atoms with van der Waals surface area (Å²) >= 11 is 1.63. The second-order valence-electron chi connectivity index (χ2n) is 2.95. The molecule has 0 nitrogen and oxygen atoms in total. The standard InChI is InChI=1S/C10H9S/c1-10-5-3-2-4-9(10)8-11-7-6-10/h2-6,8H,1H3. The zero-order chi connectivity index (χ0) is 7.73. The summed E-state index contributed by atoms with van der Waals surface area (Å²) in [5.41, 5.74) is 1.48. The first-order valence-electron chi connectivity index (χ1n) is 3.63. The van der Waals surface area contributed by atoms with E-state index in [0.29, 0.717) is 0 Å². The van der Waals surface area contributed by atoms with Gasteiger partial charge in [0.25, 0.3) is 0 Å². The number of thioether (sulfide) groups is 1. The van der Waals surface area contributed by atoms with Gasteiger partial charge in [-0.3, -0.25) is 0 Å². The van der Waals surface area contributed by atoms with Crippen LogP contribution in [0.3, 0.4) is 0 Å². The van der Waals surface area contributed by atoms with Crippen LogP contribution in [0.5, 0.6) is 0 Å². The van der Waals surface area contributed by atoms with Crippen molar-refractivity contribution in [2.75, 3.05) is 0 Å². The Kier molecular flexibility index (Phi) is 1.53. The molecule has 0 N–H and O–H groups in total. The van der Waals surface area contributed by atoms with Gasteiger partial charge in [0.15, 0.2) is 0 Å². The molecule has 0 aromatic carbocycles. The van der Waals surface area contributed by atoms with Crippen LogP contribution in [-0.4, -0.2) is 0 Å². The van der Waals surface area contributed by atoms with E-state index in [0.717, 1.165) is 0 Å². The van der Waals surface area contributed by atoms with Gasteiger partial charge in [0.1, 0.15) is 0 Å². The molecule has 1 aliphatic heterocycles. The second-order valence-corrected chi connectivity index (χ2v) is 3.66. The van der Waals surface area contributed by atoms with Crippen molar-refractivity contribution in [1.82, 2.24) is 0 Å². The highest BCUT2D eigenvalue weighted by molar-refractivity contribution is 8.03. The number of allylic oxidation sites excluding steroid dienone is 6. The van der Waals surface area contributed by atoms with Crippen molar-refractivity contribution in [2.45, 2.75) is 6.92 Å². The Bertz CT molecular complexity index is 281. The van der Waals surface area contributed by atoms with E-state index < -0.39 is 0 Å². The summed E-state index contributed by atoms with van der Waals surface area (Å²) in [5, 5.41) is 5.31. The Balaban J connectivity index is 2.45. The molecule has 1 aliphatic carbocycles. The summed E-state index contributed by atoms with van der Waals surface area (Å²) in [6, 6.07) is 0. The maximum absolute atomic E-state index is 3.15. The van der Waals surface area contributed by atoms with Crippen LogP contribution >= 0.6 is 11.8 Å². The van der Waals surface area contributed by atoms with E-state index >= 15 is 0 Å². The molecule has 1 atom stereocenters. The maximum atomic E-state index is 3.15. The SMILES string of the molecule is CC12C=[C]SC=C1C=CC=C2. The van der Waals surface area contributed by atoms with Gasteiger partial charge in [-0.05, 0) is 17.9 Å². The van der Waals surface area contributed by atoms with E-state index in [9.17, 15) is 0 Å². The monoisotopic (exact) mass is 161 g/mol. The van der Waals surface area contributed by atoms with Gasteiger partial charge in [-0.1, -0.05) is 42.1 Å². The Hall–Kier alpha value is -0.690. The van der Waals surface area contributed by atoms with Crippen molar-refractivity contribution in [3.63, 3.8) is 0 Å². The lowest BCUT2D eigenvalue weighted by atomic mass is 9.80. The molecule has 2 rings (SSSR count). The highest BCUT2D eigenvalue weighted by Gasteiger charge is 2.24. The van der Waals surface area contributed by atoms with Crippen molar-refractivity contribution < 1.29 is 0 Å². The van der Waals surface area contributed by atoms with E-state index in [1.807, 2.05) is 0 Å². The first-order chi connectivity index (χ1) is 5.31. The van der Waals surface area contributed by atoms with Crippen molar-refractivity contribution in [3.05, 3.63) is 46.8 Å². The average molecular weight is 161 g/mol. The molecule has 0 saturated carbocycles. The van der Waals surface area contributed by atoms with Crippen LogP contribution in [0.4, 0.5) is 0 Å². The van der Waals surface area contributed by atoms with Gasteiger partial charge in [0, 0.05) is 10.8 Å². The fourth-order valence-electron chi connectivity index (χ4n) is 1.24. The van der Waals surface area contributed by atoms with Crippen molar-refractivity contribution in [2.24, 2.45) is 5.41 Å². The largest absolute Gasteiger partial charge is 0.0969 e. The number of hydrogen-bond donors (Lipinski definition) is 0. The van der Waals surface area contributed by atoms with Crippen LogP contribution in [0.15, 0.2) is 41.4 Å². The molecular formula is C10H9S. The summed E-state index contributed by atoms with van der Waals surface area (Å²) in [4.78, 5) is 0. The third-order valence-electron chi connectivity index (χ3n) is 2.06. The maximum Gasteiger partial charge on any atom is 0.0306 e. The molecule has 0 spiro atoms. The molecule has 1 heteroatoms. The Morgan fingerprint density at radius 1 is 1.45 bits per heavy atom. The molecule has 0 aromatic rings. The van der Waals surface area contributed by atoms with Gasteiger partial charge in [0.2, 0.25) is 0 Å². The van der Waals surface area contributed by atoms with Gasteiger partial charge in [-0.2, -0.15) is 0 Å². The van der Waals surface area contributed by atoms with Crippen molar-refractivity contribution in [3.8, 4) is 0 Å². The summed E-state index contributed by atoms with van der Waals surface area (Å²) in [6.07, 6.45) is 10.6. The van der Waals surface area contributed by atoms with Crippen LogP contribution in [0.1, 0.15) is 6.92 Å². The van der Waals surface area contributed by atoms with Gasteiger partial charge < -0.3 is 0 Å². The second kappa shape index (κ2) is 2.42. The minimum atomic E-state index is 0.111. The highest BCUT2D eigenvalue weighted by atomic mass is 32.2. The lowest BCUT2D eigenvalue weighted by Crippen LogP contribution is -2.14. The zero-order valence-corrected chi connectivity index (χ0v) is 7.19. The quantitative estimate of drug-likeness (QED) is 0.526. The predicted octanol–water partition coefficient (Wildman–Crippen LogP) is 3.07. The molecule has 2 aliphatic rings. The first kappa shape index (κ1) is 6.99. The molecule has 1 heterocycles. The number of fused-ring (bicyclic) bond motifs is 1. The fraction of sp³-hybridized carbons (Fsp3) is 0.200. The molecule has 0 bridgehead atoms. The summed E-state index contributed by atoms with van der Waals surface area (Å²) < 4.78 is 0. The molecule has 0 saturated heterocycles. The topological polar surface area (TPSA) is 0 Å². The van der Waals surface area contributed by atoms with E-state index in [-0.39, 0.29) is 5.41 Å². The van der Waals surface area contributed by atoms with E-state index in [2.05, 4.69) is 48.1 Å². The minimum absolute atomic E-state index is 0.111. The minimum Gasteiger partial charge on any atom is -0.0969 e. The van der Waals surface area contributed by atoms with Gasteiger partial charge >= 0.3 is 0 Å². The molecule has 0 fully saturated rings. The Labute approximate surface area is 71.4 Å². The molecule has 1 radical (unpaired) electrons. The van der Waals surface area contributed by atoms with Crippen molar-refractivity contribution in [1.29, 1.82) is 0 Å². The summed E-state index contributed by atoms with van der Waals surface area (Å²) in [5.74, 6) is 0. The van der Waals surface area contributed by atoms with E-state index in [1.165, 1.54) is 5.57 Å². The van der Waals surface area contributed by atoms with Crippen LogP contribution < -0.4 is 0 Å². The number of hydrogen-bond acceptors (Lipinski definition) is 1. The lowest BCUT2D eigenvalue weighted by molar-refractivity contribution is 0.675. The lowest BCUT2D eigenvalue weighted by Gasteiger charge is -2.27. The summed E-state index contributed by atoms with van der Waals surface area (Å²) in [7, 11) is 0. The zero-order valence-electron chi connectivity index (χ0n) is 6.37. The molecule has 1 unspecified atom stereocenters. The van der Waals surface area contributed by atoms with E-state index in [4.69, 9.17) is 0 Å². The molecule has 0 amide bonds.